The van der Waals surface area contributed by atoms with Gasteiger partial charge in [0.1, 0.15) is 6.29 Å². The maximum atomic E-state index is 10.4. The van der Waals surface area contributed by atoms with E-state index in [4.69, 9.17) is 0 Å². The summed E-state index contributed by atoms with van der Waals surface area (Å²) in [4.78, 5) is 10.4. The monoisotopic (exact) mass is 192 g/mol. The first-order valence-corrected chi connectivity index (χ1v) is 5.25. The van der Waals surface area contributed by atoms with Gasteiger partial charge in [0.05, 0.1) is 0 Å². The molecule has 0 bridgehead atoms. The van der Waals surface area contributed by atoms with Crippen molar-refractivity contribution in [2.75, 3.05) is 5.75 Å². The second-order valence-electron chi connectivity index (χ2n) is 2.54. The first-order chi connectivity index (χ1) is 6.36. The van der Waals surface area contributed by atoms with Gasteiger partial charge in [0.15, 0.2) is 0 Å². The van der Waals surface area contributed by atoms with E-state index in [0.717, 1.165) is 23.2 Å². The fraction of sp³-hybridized carbons (Fsp3) is 0.182. The summed E-state index contributed by atoms with van der Waals surface area (Å²) in [6, 6.07) is 7.53. The Morgan fingerprint density at radius 1 is 1.23 bits per heavy atom. The number of carbonyl (C=O) groups excluding carboxylic acids is 1. The van der Waals surface area contributed by atoms with E-state index in [9.17, 15) is 4.79 Å². The second-order valence-corrected chi connectivity index (χ2v) is 3.73. The Labute approximate surface area is 82.9 Å². The lowest BCUT2D eigenvalue weighted by atomic mass is 10.1. The summed E-state index contributed by atoms with van der Waals surface area (Å²) in [6.45, 7) is 2.12. The van der Waals surface area contributed by atoms with Gasteiger partial charge in [-0.3, -0.25) is 4.79 Å². The summed E-state index contributed by atoms with van der Waals surface area (Å²) >= 11 is 1.76. The van der Waals surface area contributed by atoms with Crippen LogP contribution in [-0.4, -0.2) is 12.0 Å². The molecule has 0 radical (unpaired) electrons. The predicted octanol–water partition coefficient (Wildman–Crippen LogP) is 3.22. The maximum absolute atomic E-state index is 10.4. The van der Waals surface area contributed by atoms with Crippen LogP contribution in [0, 0.1) is 0 Å². The van der Waals surface area contributed by atoms with Crippen LogP contribution in [0.1, 0.15) is 22.8 Å². The average molecular weight is 192 g/mol. The topological polar surface area (TPSA) is 17.1 Å². The molecule has 0 saturated heterocycles. The highest BCUT2D eigenvalue weighted by molar-refractivity contribution is 8.02. The Kier molecular flexibility index (Phi) is 4.33. The number of benzene rings is 1. The van der Waals surface area contributed by atoms with E-state index >= 15 is 0 Å². The number of rotatable bonds is 4. The van der Waals surface area contributed by atoms with Gasteiger partial charge >= 0.3 is 0 Å². The fourth-order valence-corrected chi connectivity index (χ4v) is 1.35. The molecule has 1 aromatic rings. The summed E-state index contributed by atoms with van der Waals surface area (Å²) < 4.78 is 0. The van der Waals surface area contributed by atoms with E-state index in [1.54, 1.807) is 11.8 Å². The van der Waals surface area contributed by atoms with Crippen molar-refractivity contribution in [2.24, 2.45) is 0 Å². The van der Waals surface area contributed by atoms with E-state index in [0.29, 0.717) is 0 Å². The van der Waals surface area contributed by atoms with Gasteiger partial charge in [0.2, 0.25) is 0 Å². The highest BCUT2D eigenvalue weighted by Gasteiger charge is 1.88. The highest BCUT2D eigenvalue weighted by Crippen LogP contribution is 2.08. The molecule has 0 aromatic heterocycles. The van der Waals surface area contributed by atoms with Gasteiger partial charge in [-0.15, -0.1) is 11.8 Å². The van der Waals surface area contributed by atoms with Crippen molar-refractivity contribution in [2.45, 2.75) is 6.92 Å². The molecule has 0 heterocycles. The average Bonchev–Trinajstić information content (AvgIpc) is 2.19. The second kappa shape index (κ2) is 5.60. The Bertz CT molecular complexity index is 287. The number of aldehydes is 1. The van der Waals surface area contributed by atoms with Crippen LogP contribution in [0.25, 0.3) is 6.08 Å². The molecule has 0 aliphatic heterocycles. The molecule has 0 aliphatic carbocycles. The van der Waals surface area contributed by atoms with Crippen LogP contribution in [0.15, 0.2) is 29.7 Å². The molecule has 1 rings (SSSR count). The van der Waals surface area contributed by atoms with Crippen LogP contribution in [0.5, 0.6) is 0 Å². The van der Waals surface area contributed by atoms with Gasteiger partial charge in [-0.1, -0.05) is 31.2 Å². The Morgan fingerprint density at radius 3 is 2.38 bits per heavy atom. The minimum absolute atomic E-state index is 0.722. The number of thioether (sulfide) groups is 1. The Hall–Kier alpha value is -1.02. The van der Waals surface area contributed by atoms with Crippen LogP contribution >= 0.6 is 11.8 Å². The third-order valence-corrected chi connectivity index (χ3v) is 2.26. The van der Waals surface area contributed by atoms with Gasteiger partial charge in [-0.2, -0.15) is 0 Å². The molecule has 0 unspecified atom stereocenters. The summed E-state index contributed by atoms with van der Waals surface area (Å²) in [5.74, 6) is 1.09. The minimum atomic E-state index is 0.722. The Balaban J connectivity index is 2.63. The molecule has 0 spiro atoms. The van der Waals surface area contributed by atoms with E-state index < -0.39 is 0 Å². The maximum Gasteiger partial charge on any atom is 0.150 e. The quantitative estimate of drug-likeness (QED) is 0.681. The lowest BCUT2D eigenvalue weighted by Gasteiger charge is -1.93. The molecule has 2 heteroatoms. The molecule has 0 atom stereocenters. The smallest absolute Gasteiger partial charge is 0.150 e. The van der Waals surface area contributed by atoms with Crippen molar-refractivity contribution in [1.82, 2.24) is 0 Å². The van der Waals surface area contributed by atoms with Gasteiger partial charge in [-0.25, -0.2) is 0 Å². The molecule has 0 saturated carbocycles. The number of carbonyl (C=O) groups is 1. The van der Waals surface area contributed by atoms with E-state index in [2.05, 4.69) is 12.3 Å². The van der Waals surface area contributed by atoms with Crippen LogP contribution in [-0.2, 0) is 0 Å². The third-order valence-electron chi connectivity index (χ3n) is 1.60. The molecular weight excluding hydrogens is 180 g/mol. The van der Waals surface area contributed by atoms with Crippen molar-refractivity contribution in [1.29, 1.82) is 0 Å². The van der Waals surface area contributed by atoms with Gasteiger partial charge in [0, 0.05) is 5.56 Å². The van der Waals surface area contributed by atoms with Crippen molar-refractivity contribution in [3.8, 4) is 0 Å². The van der Waals surface area contributed by atoms with Gasteiger partial charge in [-0.05, 0) is 22.8 Å². The predicted molar refractivity (Wildman–Crippen MR) is 59.0 cm³/mol. The lowest BCUT2D eigenvalue weighted by molar-refractivity contribution is 0.112. The van der Waals surface area contributed by atoms with E-state index in [-0.39, 0.29) is 0 Å². The van der Waals surface area contributed by atoms with Crippen molar-refractivity contribution < 1.29 is 4.79 Å². The number of hydrogen-bond acceptors (Lipinski definition) is 2. The van der Waals surface area contributed by atoms with E-state index in [1.165, 1.54) is 0 Å². The molecule has 0 amide bonds. The van der Waals surface area contributed by atoms with Crippen molar-refractivity contribution in [3.63, 3.8) is 0 Å². The fourth-order valence-electron chi connectivity index (χ4n) is 0.909. The lowest BCUT2D eigenvalue weighted by Crippen LogP contribution is -1.78. The zero-order valence-corrected chi connectivity index (χ0v) is 8.38. The van der Waals surface area contributed by atoms with Gasteiger partial charge in [0.25, 0.3) is 0 Å². The summed E-state index contributed by atoms with van der Waals surface area (Å²) in [5.41, 5.74) is 1.85. The largest absolute Gasteiger partial charge is 0.298 e. The highest BCUT2D eigenvalue weighted by atomic mass is 32.2. The summed E-state index contributed by atoms with van der Waals surface area (Å²) in [6.07, 6.45) is 2.90. The van der Waals surface area contributed by atoms with Crippen LogP contribution in [0.3, 0.4) is 0 Å². The molecule has 1 aromatic carbocycles. The summed E-state index contributed by atoms with van der Waals surface area (Å²) in [7, 11) is 0. The first kappa shape index (κ1) is 10.1. The van der Waals surface area contributed by atoms with Crippen LogP contribution in [0.2, 0.25) is 0 Å². The van der Waals surface area contributed by atoms with Crippen molar-refractivity contribution >= 4 is 24.1 Å². The molecule has 68 valence electrons. The molecular formula is C11H12OS. The van der Waals surface area contributed by atoms with Crippen molar-refractivity contribution in [3.05, 3.63) is 40.8 Å². The Morgan fingerprint density at radius 2 is 1.85 bits per heavy atom. The third kappa shape index (κ3) is 3.47. The SMILES string of the molecule is CCSC=Cc1ccc(C=O)cc1. The molecule has 0 fully saturated rings. The standard InChI is InChI=1S/C11H12OS/c1-2-13-8-7-10-3-5-11(9-12)6-4-10/h3-9H,2H2,1H3. The molecule has 0 aliphatic rings. The zero-order valence-electron chi connectivity index (χ0n) is 7.57. The molecule has 0 N–H and O–H groups in total. The number of hydrogen-bond donors (Lipinski definition) is 0. The van der Waals surface area contributed by atoms with Gasteiger partial charge < -0.3 is 0 Å². The normalized spacial score (nSPS) is 10.5. The first-order valence-electron chi connectivity index (χ1n) is 4.20. The minimum Gasteiger partial charge on any atom is -0.298 e. The summed E-state index contributed by atoms with van der Waals surface area (Å²) in [5, 5.41) is 2.07. The zero-order chi connectivity index (χ0) is 9.52. The van der Waals surface area contributed by atoms with E-state index in [1.807, 2.05) is 30.3 Å². The van der Waals surface area contributed by atoms with Crippen LogP contribution in [0.4, 0.5) is 0 Å². The molecule has 13 heavy (non-hydrogen) atoms. The van der Waals surface area contributed by atoms with Crippen LogP contribution < -0.4 is 0 Å². The molecule has 1 nitrogen and oxygen atoms in total.